The quantitative estimate of drug-likeness (QED) is 0.841. The molecule has 3 unspecified atom stereocenters. The van der Waals surface area contributed by atoms with Gasteiger partial charge < -0.3 is 5.32 Å². The largest absolute Gasteiger partial charge is 0.312 e. The molecular formula is C19H24ClFN2. The van der Waals surface area contributed by atoms with E-state index in [0.29, 0.717) is 17.5 Å². The predicted molar refractivity (Wildman–Crippen MR) is 90.9 cm³/mol. The molecule has 1 aromatic carbocycles. The van der Waals surface area contributed by atoms with Gasteiger partial charge in [-0.25, -0.2) is 4.39 Å². The Kier molecular flexibility index (Phi) is 4.94. The van der Waals surface area contributed by atoms with E-state index >= 15 is 0 Å². The fraction of sp³-hybridized carbons (Fsp3) is 0.632. The van der Waals surface area contributed by atoms with Crippen LogP contribution in [0.5, 0.6) is 0 Å². The summed E-state index contributed by atoms with van der Waals surface area (Å²) in [6.45, 7) is 2.99. The van der Waals surface area contributed by atoms with Crippen molar-refractivity contribution >= 4 is 11.6 Å². The van der Waals surface area contributed by atoms with Crippen LogP contribution in [0.2, 0.25) is 5.02 Å². The summed E-state index contributed by atoms with van der Waals surface area (Å²) in [4.78, 5) is 0. The third-order valence-corrected chi connectivity index (χ3v) is 6.06. The Labute approximate surface area is 143 Å². The highest BCUT2D eigenvalue weighted by molar-refractivity contribution is 6.30. The summed E-state index contributed by atoms with van der Waals surface area (Å²) in [6, 6.07) is 7.68. The summed E-state index contributed by atoms with van der Waals surface area (Å²) < 4.78 is 14.4. The zero-order chi connectivity index (χ0) is 16.4. The first-order chi connectivity index (χ1) is 11.0. The summed E-state index contributed by atoms with van der Waals surface area (Å²) in [7, 11) is 0. The lowest BCUT2D eigenvalue weighted by Gasteiger charge is -2.36. The van der Waals surface area contributed by atoms with E-state index in [-0.39, 0.29) is 28.7 Å². The van der Waals surface area contributed by atoms with Crippen LogP contribution in [0.1, 0.15) is 56.9 Å². The van der Waals surface area contributed by atoms with Crippen LogP contribution in [0.25, 0.3) is 0 Å². The van der Waals surface area contributed by atoms with Gasteiger partial charge >= 0.3 is 0 Å². The highest BCUT2D eigenvalue weighted by Gasteiger charge is 2.42. The van der Waals surface area contributed by atoms with E-state index < -0.39 is 0 Å². The smallest absolute Gasteiger partial charge is 0.145 e. The van der Waals surface area contributed by atoms with Gasteiger partial charge in [-0.05, 0) is 36.3 Å². The molecule has 1 saturated heterocycles. The van der Waals surface area contributed by atoms with Gasteiger partial charge in [-0.2, -0.15) is 5.26 Å². The second-order valence-corrected chi connectivity index (χ2v) is 7.90. The summed E-state index contributed by atoms with van der Waals surface area (Å²) in [6.07, 6.45) is 7.37. The van der Waals surface area contributed by atoms with Gasteiger partial charge in [0.05, 0.1) is 17.0 Å². The third kappa shape index (κ3) is 3.39. The Hall–Kier alpha value is -1.11. The second-order valence-electron chi connectivity index (χ2n) is 7.49. The van der Waals surface area contributed by atoms with Gasteiger partial charge in [-0.1, -0.05) is 49.9 Å². The van der Waals surface area contributed by atoms with Crippen molar-refractivity contribution in [3.05, 3.63) is 34.6 Å². The topological polar surface area (TPSA) is 35.8 Å². The first kappa shape index (κ1) is 16.7. The minimum Gasteiger partial charge on any atom is -0.312 e. The SMILES string of the molecule is CC1(CC2NCC(c3cccc(Cl)c3F)C2C#N)CCCCC1. The number of nitrogens with one attached hydrogen (secondary N) is 1. The molecule has 2 aliphatic rings. The number of nitrogens with zero attached hydrogens (tertiary/aromatic N) is 1. The molecule has 0 radical (unpaired) electrons. The molecule has 1 aliphatic carbocycles. The molecule has 3 atom stereocenters. The number of hydrogen-bond acceptors (Lipinski definition) is 2. The fourth-order valence-electron chi connectivity index (χ4n) is 4.44. The van der Waals surface area contributed by atoms with Gasteiger partial charge in [0.25, 0.3) is 0 Å². The Bertz CT molecular complexity index is 604. The standard InChI is InChI=1S/C19H24ClFN2/c1-19(8-3-2-4-9-19)10-17-14(11-22)15(12-23-17)13-6-5-7-16(20)18(13)21/h5-7,14-15,17,23H,2-4,8-10,12H2,1H3. The number of nitriles is 1. The van der Waals surface area contributed by atoms with Crippen molar-refractivity contribution in [1.29, 1.82) is 5.26 Å². The Morgan fingerprint density at radius 2 is 2.09 bits per heavy atom. The zero-order valence-electron chi connectivity index (χ0n) is 13.6. The summed E-state index contributed by atoms with van der Waals surface area (Å²) >= 11 is 5.92. The first-order valence-corrected chi connectivity index (χ1v) is 8.99. The van der Waals surface area contributed by atoms with Crippen LogP contribution < -0.4 is 5.32 Å². The normalized spacial score (nSPS) is 30.1. The lowest BCUT2D eigenvalue weighted by molar-refractivity contribution is 0.172. The van der Waals surface area contributed by atoms with Crippen molar-refractivity contribution in [3.63, 3.8) is 0 Å². The van der Waals surface area contributed by atoms with Crippen molar-refractivity contribution in [1.82, 2.24) is 5.32 Å². The van der Waals surface area contributed by atoms with Crippen LogP contribution in [-0.2, 0) is 0 Å². The van der Waals surface area contributed by atoms with Crippen molar-refractivity contribution in [2.24, 2.45) is 11.3 Å². The average molecular weight is 335 g/mol. The van der Waals surface area contributed by atoms with E-state index in [9.17, 15) is 9.65 Å². The van der Waals surface area contributed by atoms with Gasteiger partial charge in [0, 0.05) is 18.5 Å². The number of rotatable bonds is 3. The number of hydrogen-bond donors (Lipinski definition) is 1. The van der Waals surface area contributed by atoms with Crippen LogP contribution in [0.4, 0.5) is 4.39 Å². The molecule has 4 heteroatoms. The maximum Gasteiger partial charge on any atom is 0.145 e. The minimum absolute atomic E-state index is 0.115. The maximum atomic E-state index is 14.4. The molecular weight excluding hydrogens is 311 g/mol. The molecule has 2 fully saturated rings. The van der Waals surface area contributed by atoms with E-state index in [0.717, 1.165) is 6.42 Å². The Balaban J connectivity index is 1.78. The Morgan fingerprint density at radius 1 is 1.35 bits per heavy atom. The van der Waals surface area contributed by atoms with Crippen LogP contribution in [0, 0.1) is 28.5 Å². The summed E-state index contributed by atoms with van der Waals surface area (Å²) in [5, 5.41) is 13.3. The fourth-order valence-corrected chi connectivity index (χ4v) is 4.62. The van der Waals surface area contributed by atoms with Crippen molar-refractivity contribution < 1.29 is 4.39 Å². The molecule has 2 nitrogen and oxygen atoms in total. The second kappa shape index (κ2) is 6.79. The van der Waals surface area contributed by atoms with Crippen molar-refractivity contribution in [2.45, 2.75) is 57.4 Å². The molecule has 0 aromatic heterocycles. The van der Waals surface area contributed by atoms with Gasteiger partial charge in [0.2, 0.25) is 0 Å². The molecule has 0 bridgehead atoms. The molecule has 3 rings (SSSR count). The van der Waals surface area contributed by atoms with Crippen LogP contribution in [0.3, 0.4) is 0 Å². The van der Waals surface area contributed by atoms with Gasteiger partial charge in [-0.15, -0.1) is 0 Å². The summed E-state index contributed by atoms with van der Waals surface area (Å²) in [5.74, 6) is -0.677. The molecule has 1 saturated carbocycles. The zero-order valence-corrected chi connectivity index (χ0v) is 14.4. The first-order valence-electron chi connectivity index (χ1n) is 8.61. The van der Waals surface area contributed by atoms with Crippen LogP contribution >= 0.6 is 11.6 Å². The van der Waals surface area contributed by atoms with E-state index in [1.807, 2.05) is 0 Å². The molecule has 1 N–H and O–H groups in total. The van der Waals surface area contributed by atoms with Crippen LogP contribution in [0.15, 0.2) is 18.2 Å². The Morgan fingerprint density at radius 3 is 2.78 bits per heavy atom. The van der Waals surface area contributed by atoms with Gasteiger partial charge in [0.1, 0.15) is 5.82 Å². The van der Waals surface area contributed by atoms with Crippen LogP contribution in [-0.4, -0.2) is 12.6 Å². The maximum absolute atomic E-state index is 14.4. The van der Waals surface area contributed by atoms with E-state index in [4.69, 9.17) is 11.6 Å². The molecule has 1 aliphatic heterocycles. The molecule has 1 heterocycles. The van der Waals surface area contributed by atoms with Crippen molar-refractivity contribution in [3.8, 4) is 6.07 Å². The molecule has 1 aromatic rings. The minimum atomic E-state index is -0.370. The summed E-state index contributed by atoms with van der Waals surface area (Å²) in [5.41, 5.74) is 0.889. The van der Waals surface area contributed by atoms with Gasteiger partial charge in [-0.3, -0.25) is 0 Å². The van der Waals surface area contributed by atoms with E-state index in [1.165, 1.54) is 32.1 Å². The molecule has 124 valence electrons. The van der Waals surface area contributed by atoms with E-state index in [1.54, 1.807) is 18.2 Å². The third-order valence-electron chi connectivity index (χ3n) is 5.77. The highest BCUT2D eigenvalue weighted by Crippen LogP contribution is 2.44. The molecule has 23 heavy (non-hydrogen) atoms. The highest BCUT2D eigenvalue weighted by atomic mass is 35.5. The predicted octanol–water partition coefficient (Wildman–Crippen LogP) is 5.03. The lowest BCUT2D eigenvalue weighted by Crippen LogP contribution is -2.34. The molecule has 0 spiro atoms. The van der Waals surface area contributed by atoms with E-state index in [2.05, 4.69) is 18.3 Å². The number of halogens is 2. The monoisotopic (exact) mass is 334 g/mol. The van der Waals surface area contributed by atoms with Gasteiger partial charge in [0.15, 0.2) is 0 Å². The average Bonchev–Trinajstić information content (AvgIpc) is 2.92. The lowest BCUT2D eigenvalue weighted by atomic mass is 9.70. The number of benzene rings is 1. The van der Waals surface area contributed by atoms with Crippen molar-refractivity contribution in [2.75, 3.05) is 6.54 Å². The molecule has 0 amide bonds.